The van der Waals surface area contributed by atoms with Crippen LogP contribution in [0.5, 0.6) is 0 Å². The minimum absolute atomic E-state index is 0.0229. The molecule has 0 aliphatic heterocycles. The molecule has 4 heteroatoms. The van der Waals surface area contributed by atoms with Gasteiger partial charge in [0.05, 0.1) is 11.4 Å². The van der Waals surface area contributed by atoms with Crippen molar-refractivity contribution in [3.8, 4) is 0 Å². The molecule has 0 spiro atoms. The van der Waals surface area contributed by atoms with Gasteiger partial charge in [0.15, 0.2) is 0 Å². The quantitative estimate of drug-likeness (QED) is 0.430. The summed E-state index contributed by atoms with van der Waals surface area (Å²) in [5.74, 6) is 0. The Labute approximate surface area is 172 Å². The fourth-order valence-electron chi connectivity index (χ4n) is 3.23. The van der Waals surface area contributed by atoms with Gasteiger partial charge in [-0.1, -0.05) is 83.1 Å². The molecule has 0 atom stereocenters. The van der Waals surface area contributed by atoms with Gasteiger partial charge >= 0.3 is 0 Å². The van der Waals surface area contributed by atoms with Gasteiger partial charge in [-0.05, 0) is 12.1 Å². The molecule has 0 saturated carbocycles. The topological polar surface area (TPSA) is 55.6 Å². The van der Waals surface area contributed by atoms with Crippen molar-refractivity contribution < 1.29 is 0 Å². The van der Waals surface area contributed by atoms with Crippen molar-refractivity contribution in [2.24, 2.45) is 0 Å². The zero-order valence-corrected chi connectivity index (χ0v) is 20.2. The van der Waals surface area contributed by atoms with Gasteiger partial charge in [0.2, 0.25) is 0 Å². The predicted molar refractivity (Wildman–Crippen MR) is 124 cm³/mol. The standard InChI is InChI=1S/C24H42N4/c1-21(2,3)17-13-15(19(25-17)23(7,8)9)27-28-16-14-18(22(4,5)6)26-20(16)24(10,11)12/h13-14,25-28H,1-12H3. The molecule has 0 aliphatic carbocycles. The number of aromatic nitrogens is 2. The molecule has 0 aliphatic rings. The van der Waals surface area contributed by atoms with Gasteiger partial charge in [-0.25, -0.2) is 0 Å². The molecule has 0 bridgehead atoms. The highest BCUT2D eigenvalue weighted by Crippen LogP contribution is 2.36. The first-order valence-electron chi connectivity index (χ1n) is 10.4. The first kappa shape index (κ1) is 22.4. The van der Waals surface area contributed by atoms with E-state index < -0.39 is 0 Å². The third-order valence-corrected chi connectivity index (χ3v) is 5.08. The number of hydrogen-bond acceptors (Lipinski definition) is 2. The second-order valence-corrected chi connectivity index (χ2v) is 12.2. The fourth-order valence-corrected chi connectivity index (χ4v) is 3.23. The van der Waals surface area contributed by atoms with Crippen LogP contribution in [0.3, 0.4) is 0 Å². The summed E-state index contributed by atoms with van der Waals surface area (Å²) in [5.41, 5.74) is 14.3. The molecule has 2 heterocycles. The van der Waals surface area contributed by atoms with Crippen LogP contribution in [0.1, 0.15) is 106 Å². The molecule has 4 N–H and O–H groups in total. The van der Waals surface area contributed by atoms with Gasteiger partial charge < -0.3 is 9.97 Å². The molecule has 0 unspecified atom stereocenters. The van der Waals surface area contributed by atoms with Gasteiger partial charge in [-0.2, -0.15) is 0 Å². The molecule has 0 saturated heterocycles. The lowest BCUT2D eigenvalue weighted by molar-refractivity contribution is 0.543. The largest absolute Gasteiger partial charge is 0.360 e. The summed E-state index contributed by atoms with van der Waals surface area (Å²) in [6.45, 7) is 26.9. The Bertz CT molecular complexity index is 739. The molecule has 4 nitrogen and oxygen atoms in total. The highest BCUT2D eigenvalue weighted by atomic mass is 15.4. The Morgan fingerprint density at radius 1 is 0.500 bits per heavy atom. The normalized spacial score (nSPS) is 13.7. The number of anilines is 2. The number of rotatable bonds is 3. The maximum atomic E-state index is 3.66. The fraction of sp³-hybridized carbons (Fsp3) is 0.667. The average Bonchev–Trinajstić information content (AvgIpc) is 3.07. The molecule has 2 aromatic heterocycles. The summed E-state index contributed by atoms with van der Waals surface area (Å²) >= 11 is 0. The van der Waals surface area contributed by atoms with Crippen LogP contribution in [0.15, 0.2) is 12.1 Å². The van der Waals surface area contributed by atoms with Crippen molar-refractivity contribution in [3.05, 3.63) is 34.9 Å². The van der Waals surface area contributed by atoms with Crippen LogP contribution in [-0.4, -0.2) is 9.97 Å². The van der Waals surface area contributed by atoms with E-state index in [-0.39, 0.29) is 21.7 Å². The van der Waals surface area contributed by atoms with Gasteiger partial charge in [0.1, 0.15) is 0 Å². The number of H-pyrrole nitrogens is 2. The highest BCUT2D eigenvalue weighted by molar-refractivity contribution is 5.62. The predicted octanol–water partition coefficient (Wildman–Crippen LogP) is 6.97. The summed E-state index contributed by atoms with van der Waals surface area (Å²) in [7, 11) is 0. The summed E-state index contributed by atoms with van der Waals surface area (Å²) < 4.78 is 0. The maximum absolute atomic E-state index is 3.66. The minimum atomic E-state index is 0.0229. The third-order valence-electron chi connectivity index (χ3n) is 5.08. The van der Waals surface area contributed by atoms with E-state index in [1.807, 2.05) is 0 Å². The highest BCUT2D eigenvalue weighted by Gasteiger charge is 2.27. The smallest absolute Gasteiger partial charge is 0.0755 e. The van der Waals surface area contributed by atoms with Crippen molar-refractivity contribution in [2.45, 2.75) is 105 Å². The van der Waals surface area contributed by atoms with Crippen LogP contribution in [0, 0.1) is 0 Å². The van der Waals surface area contributed by atoms with Crippen molar-refractivity contribution in [2.75, 3.05) is 10.9 Å². The van der Waals surface area contributed by atoms with E-state index in [1.54, 1.807) is 0 Å². The summed E-state index contributed by atoms with van der Waals surface area (Å²) in [5, 5.41) is 0. The van der Waals surface area contributed by atoms with Gasteiger partial charge in [0.25, 0.3) is 0 Å². The van der Waals surface area contributed by atoms with Crippen molar-refractivity contribution in [1.29, 1.82) is 0 Å². The number of hydrogen-bond donors (Lipinski definition) is 4. The zero-order valence-electron chi connectivity index (χ0n) is 20.2. The Hall–Kier alpha value is -1.84. The lowest BCUT2D eigenvalue weighted by Crippen LogP contribution is -2.20. The minimum Gasteiger partial charge on any atom is -0.360 e. The molecule has 2 rings (SSSR count). The second-order valence-electron chi connectivity index (χ2n) is 12.2. The van der Waals surface area contributed by atoms with E-state index in [9.17, 15) is 0 Å². The van der Waals surface area contributed by atoms with Crippen LogP contribution >= 0.6 is 0 Å². The molecule has 0 radical (unpaired) electrons. The molecule has 0 aromatic carbocycles. The number of aromatic amines is 2. The van der Waals surface area contributed by atoms with Crippen LogP contribution < -0.4 is 10.9 Å². The van der Waals surface area contributed by atoms with Crippen molar-refractivity contribution in [3.63, 3.8) is 0 Å². The molecular formula is C24H42N4. The van der Waals surface area contributed by atoms with Gasteiger partial charge in [0, 0.05) is 44.4 Å². The van der Waals surface area contributed by atoms with E-state index in [0.29, 0.717) is 0 Å². The van der Waals surface area contributed by atoms with Crippen molar-refractivity contribution >= 4 is 11.4 Å². The van der Waals surface area contributed by atoms with Crippen LogP contribution in [0.25, 0.3) is 0 Å². The summed E-state index contributed by atoms with van der Waals surface area (Å²) in [6, 6.07) is 4.48. The number of hydrazine groups is 1. The Morgan fingerprint density at radius 3 is 1.00 bits per heavy atom. The molecule has 2 aromatic rings. The molecule has 158 valence electrons. The Morgan fingerprint density at radius 2 is 0.786 bits per heavy atom. The second kappa shape index (κ2) is 6.89. The maximum Gasteiger partial charge on any atom is 0.0755 e. The monoisotopic (exact) mass is 386 g/mol. The first-order valence-corrected chi connectivity index (χ1v) is 10.4. The summed E-state index contributed by atoms with van der Waals surface area (Å²) in [4.78, 5) is 7.32. The summed E-state index contributed by atoms with van der Waals surface area (Å²) in [6.07, 6.45) is 0. The Kier molecular flexibility index (Phi) is 5.53. The van der Waals surface area contributed by atoms with Crippen LogP contribution in [0.4, 0.5) is 11.4 Å². The lowest BCUT2D eigenvalue weighted by atomic mass is 9.91. The molecule has 28 heavy (non-hydrogen) atoms. The van der Waals surface area contributed by atoms with Gasteiger partial charge in [-0.3, -0.25) is 10.9 Å². The SMILES string of the molecule is CC(C)(C)c1cc(NNc2cc(C(C)(C)C)[nH]c2C(C)(C)C)c(C(C)(C)C)[nH]1. The van der Waals surface area contributed by atoms with E-state index in [2.05, 4.69) is 116 Å². The van der Waals surface area contributed by atoms with E-state index >= 15 is 0 Å². The van der Waals surface area contributed by atoms with Gasteiger partial charge in [-0.15, -0.1) is 0 Å². The van der Waals surface area contributed by atoms with E-state index in [4.69, 9.17) is 0 Å². The lowest BCUT2D eigenvalue weighted by Gasteiger charge is -2.23. The zero-order chi connectivity index (χ0) is 21.7. The first-order chi connectivity index (χ1) is 12.4. The Balaban J connectivity index is 2.41. The molecule has 0 amide bonds. The van der Waals surface area contributed by atoms with Crippen LogP contribution in [-0.2, 0) is 21.7 Å². The molecular weight excluding hydrogens is 344 g/mol. The van der Waals surface area contributed by atoms with E-state index in [1.165, 1.54) is 22.8 Å². The molecule has 0 fully saturated rings. The van der Waals surface area contributed by atoms with Crippen LogP contribution in [0.2, 0.25) is 0 Å². The number of nitrogens with one attached hydrogen (secondary N) is 4. The van der Waals surface area contributed by atoms with E-state index in [0.717, 1.165) is 11.4 Å². The third kappa shape index (κ3) is 4.95. The van der Waals surface area contributed by atoms with Crippen molar-refractivity contribution in [1.82, 2.24) is 9.97 Å². The average molecular weight is 387 g/mol.